The minimum Gasteiger partial charge on any atom is -0.481 e. The Morgan fingerprint density at radius 2 is 2.11 bits per heavy atom. The van der Waals surface area contributed by atoms with Crippen molar-refractivity contribution in [2.75, 3.05) is 13.1 Å². The molecule has 0 atom stereocenters. The van der Waals surface area contributed by atoms with Gasteiger partial charge < -0.3 is 10.0 Å². The van der Waals surface area contributed by atoms with Gasteiger partial charge in [-0.15, -0.1) is 0 Å². The lowest BCUT2D eigenvalue weighted by Gasteiger charge is -2.36. The van der Waals surface area contributed by atoms with E-state index < -0.39 is 16.8 Å². The molecule has 1 aromatic carbocycles. The van der Waals surface area contributed by atoms with Crippen LogP contribution in [0.1, 0.15) is 5.56 Å². The van der Waals surface area contributed by atoms with Crippen molar-refractivity contribution in [3.05, 3.63) is 39.9 Å². The molecule has 1 saturated heterocycles. The predicted octanol–water partition coefficient (Wildman–Crippen LogP) is 0.680. The Hall–Kier alpha value is -2.44. The summed E-state index contributed by atoms with van der Waals surface area (Å²) in [6.07, 6.45) is 0.0496. The molecule has 0 radical (unpaired) electrons. The standard InChI is InChI=1S/C12H12N2O5/c15-11(13-6-9(7-13)12(16)17)5-8-2-1-3-10(4-8)14(18)19/h1-4,9H,5-7H2,(H,16,17). The fraction of sp³-hybridized carbons (Fsp3) is 0.333. The molecule has 7 nitrogen and oxygen atoms in total. The molecule has 1 heterocycles. The zero-order valence-electron chi connectivity index (χ0n) is 9.98. The van der Waals surface area contributed by atoms with Gasteiger partial charge in [0.25, 0.3) is 5.69 Å². The van der Waals surface area contributed by atoms with Crippen molar-refractivity contribution in [2.24, 2.45) is 5.92 Å². The number of carbonyl (C=O) groups excluding carboxylic acids is 1. The van der Waals surface area contributed by atoms with Gasteiger partial charge in [-0.2, -0.15) is 0 Å². The number of amides is 1. The lowest BCUT2D eigenvalue weighted by molar-refractivity contribution is -0.384. The smallest absolute Gasteiger partial charge is 0.310 e. The van der Waals surface area contributed by atoms with Crippen molar-refractivity contribution < 1.29 is 19.6 Å². The summed E-state index contributed by atoms with van der Waals surface area (Å²) in [4.78, 5) is 34.0. The van der Waals surface area contributed by atoms with Crippen LogP contribution in [0, 0.1) is 16.0 Å². The maximum Gasteiger partial charge on any atom is 0.310 e. The number of rotatable bonds is 4. The number of hydrogen-bond donors (Lipinski definition) is 1. The number of nitro groups is 1. The summed E-state index contributed by atoms with van der Waals surface area (Å²) >= 11 is 0. The van der Waals surface area contributed by atoms with Crippen LogP contribution in [0.15, 0.2) is 24.3 Å². The van der Waals surface area contributed by atoms with E-state index in [1.54, 1.807) is 6.07 Å². The average Bonchev–Trinajstić information content (AvgIpc) is 2.26. The van der Waals surface area contributed by atoms with Crippen LogP contribution in [0.2, 0.25) is 0 Å². The first kappa shape index (κ1) is 13.0. The first-order valence-corrected chi connectivity index (χ1v) is 5.71. The van der Waals surface area contributed by atoms with Crippen LogP contribution in [0.25, 0.3) is 0 Å². The number of likely N-dealkylation sites (tertiary alicyclic amines) is 1. The van der Waals surface area contributed by atoms with Crippen LogP contribution < -0.4 is 0 Å². The third kappa shape index (κ3) is 2.87. The summed E-state index contributed by atoms with van der Waals surface area (Å²) in [5, 5.41) is 19.3. The highest BCUT2D eigenvalue weighted by atomic mass is 16.6. The Kier molecular flexibility index (Phi) is 3.46. The Bertz CT molecular complexity index is 537. The first-order valence-electron chi connectivity index (χ1n) is 5.71. The molecule has 0 aromatic heterocycles. The van der Waals surface area contributed by atoms with Crippen molar-refractivity contribution in [3.8, 4) is 0 Å². The third-order valence-corrected chi connectivity index (χ3v) is 3.06. The van der Waals surface area contributed by atoms with E-state index in [4.69, 9.17) is 5.11 Å². The summed E-state index contributed by atoms with van der Waals surface area (Å²) in [6, 6.07) is 5.88. The zero-order chi connectivity index (χ0) is 14.0. The second-order valence-corrected chi connectivity index (χ2v) is 4.44. The molecule has 0 aliphatic carbocycles. The number of nitro benzene ring substituents is 1. The van der Waals surface area contributed by atoms with Crippen molar-refractivity contribution in [2.45, 2.75) is 6.42 Å². The number of non-ortho nitro benzene ring substituents is 1. The quantitative estimate of drug-likeness (QED) is 0.636. The maximum absolute atomic E-state index is 11.8. The molecule has 1 aliphatic heterocycles. The third-order valence-electron chi connectivity index (χ3n) is 3.06. The highest BCUT2D eigenvalue weighted by Crippen LogP contribution is 2.19. The number of hydrogen-bond acceptors (Lipinski definition) is 4. The van der Waals surface area contributed by atoms with Crippen LogP contribution in [-0.4, -0.2) is 39.9 Å². The normalized spacial score (nSPS) is 14.8. The van der Waals surface area contributed by atoms with Gasteiger partial charge in [0.1, 0.15) is 0 Å². The summed E-state index contributed by atoms with van der Waals surface area (Å²) < 4.78 is 0. The largest absolute Gasteiger partial charge is 0.481 e. The molecule has 7 heteroatoms. The average molecular weight is 264 g/mol. The van der Waals surface area contributed by atoms with Crippen molar-refractivity contribution in [1.29, 1.82) is 0 Å². The molecule has 1 aromatic rings. The fourth-order valence-electron chi connectivity index (χ4n) is 1.90. The van der Waals surface area contributed by atoms with Crippen LogP contribution in [0.5, 0.6) is 0 Å². The summed E-state index contributed by atoms with van der Waals surface area (Å²) in [6.45, 7) is 0.423. The van der Waals surface area contributed by atoms with Crippen LogP contribution in [-0.2, 0) is 16.0 Å². The highest BCUT2D eigenvalue weighted by Gasteiger charge is 2.35. The molecule has 2 rings (SSSR count). The molecule has 0 saturated carbocycles. The molecule has 0 unspecified atom stereocenters. The maximum atomic E-state index is 11.8. The second-order valence-electron chi connectivity index (χ2n) is 4.44. The van der Waals surface area contributed by atoms with Gasteiger partial charge in [0, 0.05) is 25.2 Å². The molecule has 19 heavy (non-hydrogen) atoms. The van der Waals surface area contributed by atoms with Gasteiger partial charge in [0.05, 0.1) is 17.3 Å². The van der Waals surface area contributed by atoms with Gasteiger partial charge in [0.15, 0.2) is 0 Å². The van der Waals surface area contributed by atoms with Crippen molar-refractivity contribution in [3.63, 3.8) is 0 Å². The lowest BCUT2D eigenvalue weighted by atomic mass is 9.99. The van der Waals surface area contributed by atoms with E-state index in [9.17, 15) is 19.7 Å². The summed E-state index contributed by atoms with van der Waals surface area (Å²) in [5.41, 5.74) is 0.496. The predicted molar refractivity (Wildman–Crippen MR) is 64.5 cm³/mol. The van der Waals surface area contributed by atoms with E-state index in [1.165, 1.54) is 23.1 Å². The van der Waals surface area contributed by atoms with E-state index in [0.29, 0.717) is 5.56 Å². The number of carboxylic acid groups (broad SMARTS) is 1. The van der Waals surface area contributed by atoms with Crippen LogP contribution in [0.3, 0.4) is 0 Å². The molecule has 0 bridgehead atoms. The monoisotopic (exact) mass is 264 g/mol. The molecular weight excluding hydrogens is 252 g/mol. The zero-order valence-corrected chi connectivity index (χ0v) is 9.98. The number of carbonyl (C=O) groups is 2. The van der Waals surface area contributed by atoms with Crippen LogP contribution >= 0.6 is 0 Å². The molecule has 1 fully saturated rings. The summed E-state index contributed by atoms with van der Waals surface area (Å²) in [5.74, 6) is -1.61. The van der Waals surface area contributed by atoms with Gasteiger partial charge in [-0.3, -0.25) is 19.7 Å². The molecule has 1 aliphatic rings. The Morgan fingerprint density at radius 3 is 2.68 bits per heavy atom. The van der Waals surface area contributed by atoms with E-state index in [0.717, 1.165) is 0 Å². The van der Waals surface area contributed by atoms with Gasteiger partial charge in [-0.25, -0.2) is 0 Å². The molecule has 100 valence electrons. The fourth-order valence-corrected chi connectivity index (χ4v) is 1.90. The molecule has 1 amide bonds. The van der Waals surface area contributed by atoms with Gasteiger partial charge >= 0.3 is 5.97 Å². The minimum atomic E-state index is -0.903. The molecule has 1 N–H and O–H groups in total. The van der Waals surface area contributed by atoms with E-state index in [-0.39, 0.29) is 31.1 Å². The Balaban J connectivity index is 1.95. The number of carboxylic acids is 1. The highest BCUT2D eigenvalue weighted by molar-refractivity contribution is 5.82. The van der Waals surface area contributed by atoms with Gasteiger partial charge in [0.2, 0.25) is 5.91 Å². The Labute approximate surface area is 108 Å². The van der Waals surface area contributed by atoms with Gasteiger partial charge in [-0.1, -0.05) is 12.1 Å². The van der Waals surface area contributed by atoms with Crippen molar-refractivity contribution in [1.82, 2.24) is 4.90 Å². The van der Waals surface area contributed by atoms with Crippen molar-refractivity contribution >= 4 is 17.6 Å². The molecular formula is C12H12N2O5. The van der Waals surface area contributed by atoms with E-state index in [1.807, 2.05) is 0 Å². The lowest BCUT2D eigenvalue weighted by Crippen LogP contribution is -2.53. The van der Waals surface area contributed by atoms with E-state index >= 15 is 0 Å². The Morgan fingerprint density at radius 1 is 1.42 bits per heavy atom. The summed E-state index contributed by atoms with van der Waals surface area (Å²) in [7, 11) is 0. The topological polar surface area (TPSA) is 101 Å². The number of nitrogens with zero attached hydrogens (tertiary/aromatic N) is 2. The van der Waals surface area contributed by atoms with E-state index in [2.05, 4.69) is 0 Å². The first-order chi connectivity index (χ1) is 8.97. The molecule has 0 spiro atoms. The van der Waals surface area contributed by atoms with Crippen LogP contribution in [0.4, 0.5) is 5.69 Å². The second kappa shape index (κ2) is 5.05. The van der Waals surface area contributed by atoms with Gasteiger partial charge in [-0.05, 0) is 5.56 Å². The minimum absolute atomic E-state index is 0.0496. The number of aliphatic carboxylic acids is 1. The SMILES string of the molecule is O=C(O)C1CN(C(=O)Cc2cccc([N+](=O)[O-])c2)C1. The number of benzene rings is 1.